The third-order valence-corrected chi connectivity index (χ3v) is 3.20. The molecule has 0 aliphatic carbocycles. The van der Waals surface area contributed by atoms with Gasteiger partial charge in [-0.25, -0.2) is 9.97 Å². The van der Waals surface area contributed by atoms with Crippen molar-refractivity contribution in [2.45, 2.75) is 19.5 Å². The third kappa shape index (κ3) is 2.44. The number of hydrogen-bond donors (Lipinski definition) is 0. The molecule has 2 heterocycles. The van der Waals surface area contributed by atoms with Crippen molar-refractivity contribution in [1.82, 2.24) is 9.97 Å². The number of nitrogens with zero attached hydrogens (tertiary/aromatic N) is 2. The van der Waals surface area contributed by atoms with Crippen LogP contribution >= 0.6 is 22.9 Å². The van der Waals surface area contributed by atoms with E-state index in [1.54, 1.807) is 6.92 Å². The van der Waals surface area contributed by atoms with Crippen LogP contribution in [0.3, 0.4) is 0 Å². The summed E-state index contributed by atoms with van der Waals surface area (Å²) in [5.41, 5.74) is 0. The molecule has 0 atom stereocenters. The van der Waals surface area contributed by atoms with E-state index in [1.807, 2.05) is 0 Å². The molecule has 0 bridgehead atoms. The molecule has 0 aromatic carbocycles. The van der Waals surface area contributed by atoms with Crippen molar-refractivity contribution >= 4 is 33.2 Å². The van der Waals surface area contributed by atoms with E-state index in [9.17, 15) is 13.2 Å². The molecule has 2 aromatic heterocycles. The summed E-state index contributed by atoms with van der Waals surface area (Å²) in [6, 6.07) is 1.40. The van der Waals surface area contributed by atoms with E-state index in [-0.39, 0.29) is 10.0 Å². The molecule has 86 valence electrons. The Morgan fingerprint density at radius 1 is 1.38 bits per heavy atom. The summed E-state index contributed by atoms with van der Waals surface area (Å²) in [7, 11) is 0. The first kappa shape index (κ1) is 11.6. The lowest BCUT2D eigenvalue weighted by Gasteiger charge is -2.01. The van der Waals surface area contributed by atoms with Gasteiger partial charge in [0.05, 0.1) is 6.42 Å². The number of aryl methyl sites for hydroxylation is 1. The standard InChI is InChI=1S/C9H6ClF3N2S/c1-4-14-7(10)6-2-5(3-9(11,12)13)16-8(6)15-4/h2H,3H2,1H3. The van der Waals surface area contributed by atoms with Gasteiger partial charge in [-0.1, -0.05) is 11.6 Å². The molecular weight excluding hydrogens is 261 g/mol. The first-order chi connectivity index (χ1) is 7.35. The van der Waals surface area contributed by atoms with Gasteiger partial charge in [0, 0.05) is 10.3 Å². The molecule has 0 aliphatic heterocycles. The predicted molar refractivity (Wildman–Crippen MR) is 56.9 cm³/mol. The number of halogens is 4. The van der Waals surface area contributed by atoms with Crippen molar-refractivity contribution in [2.75, 3.05) is 0 Å². The number of aromatic nitrogens is 2. The van der Waals surface area contributed by atoms with Crippen molar-refractivity contribution in [1.29, 1.82) is 0 Å². The van der Waals surface area contributed by atoms with E-state index in [2.05, 4.69) is 9.97 Å². The molecule has 2 nitrogen and oxygen atoms in total. The molecule has 16 heavy (non-hydrogen) atoms. The number of hydrogen-bond acceptors (Lipinski definition) is 3. The van der Waals surface area contributed by atoms with Crippen LogP contribution in [0.15, 0.2) is 6.07 Å². The summed E-state index contributed by atoms with van der Waals surface area (Å²) in [5, 5.41) is 0.684. The monoisotopic (exact) mass is 266 g/mol. The summed E-state index contributed by atoms with van der Waals surface area (Å²) in [6.45, 7) is 1.65. The molecule has 0 aliphatic rings. The topological polar surface area (TPSA) is 25.8 Å². The van der Waals surface area contributed by atoms with E-state index < -0.39 is 12.6 Å². The number of fused-ring (bicyclic) bond motifs is 1. The summed E-state index contributed by atoms with van der Waals surface area (Å²) in [5.74, 6) is 0.456. The second kappa shape index (κ2) is 3.85. The van der Waals surface area contributed by atoms with Crippen LogP contribution < -0.4 is 0 Å². The maximum Gasteiger partial charge on any atom is 0.393 e. The number of alkyl halides is 3. The van der Waals surface area contributed by atoms with E-state index in [4.69, 9.17) is 11.6 Å². The second-order valence-electron chi connectivity index (χ2n) is 3.29. The molecule has 0 N–H and O–H groups in total. The summed E-state index contributed by atoms with van der Waals surface area (Å²) >= 11 is 6.82. The van der Waals surface area contributed by atoms with Gasteiger partial charge in [-0.2, -0.15) is 13.2 Å². The Bertz CT molecular complexity index is 535. The van der Waals surface area contributed by atoms with Gasteiger partial charge >= 0.3 is 6.18 Å². The maximum atomic E-state index is 12.2. The molecule has 0 radical (unpaired) electrons. The van der Waals surface area contributed by atoms with Crippen LogP contribution in [-0.2, 0) is 6.42 Å². The SMILES string of the molecule is Cc1nc(Cl)c2cc(CC(F)(F)F)sc2n1. The van der Waals surface area contributed by atoms with E-state index in [0.29, 0.717) is 16.0 Å². The van der Waals surface area contributed by atoms with Gasteiger partial charge in [0.15, 0.2) is 0 Å². The minimum Gasteiger partial charge on any atom is -0.222 e. The fraction of sp³-hybridized carbons (Fsp3) is 0.333. The average Bonchev–Trinajstić information content (AvgIpc) is 2.43. The molecule has 2 aromatic rings. The second-order valence-corrected chi connectivity index (χ2v) is 4.76. The van der Waals surface area contributed by atoms with Gasteiger partial charge in [0.25, 0.3) is 0 Å². The molecule has 0 amide bonds. The predicted octanol–water partition coefficient (Wildman–Crippen LogP) is 3.76. The molecular formula is C9H6ClF3N2S. The highest BCUT2D eigenvalue weighted by Gasteiger charge is 2.29. The molecule has 0 fully saturated rings. The van der Waals surface area contributed by atoms with Gasteiger partial charge in [0.1, 0.15) is 15.8 Å². The fourth-order valence-electron chi connectivity index (χ4n) is 1.32. The normalized spacial score (nSPS) is 12.3. The number of thiophene rings is 1. The first-order valence-electron chi connectivity index (χ1n) is 4.34. The zero-order chi connectivity index (χ0) is 11.9. The lowest BCUT2D eigenvalue weighted by molar-refractivity contribution is -0.126. The van der Waals surface area contributed by atoms with Crippen LogP contribution in [0, 0.1) is 6.92 Å². The minimum atomic E-state index is -4.21. The van der Waals surface area contributed by atoms with Crippen LogP contribution in [0.1, 0.15) is 10.7 Å². The highest BCUT2D eigenvalue weighted by Crippen LogP contribution is 2.32. The Balaban J connectivity index is 2.48. The zero-order valence-corrected chi connectivity index (χ0v) is 9.67. The summed E-state index contributed by atoms with van der Waals surface area (Å²) < 4.78 is 36.6. The highest BCUT2D eigenvalue weighted by molar-refractivity contribution is 7.18. The number of rotatable bonds is 1. The van der Waals surface area contributed by atoms with E-state index in [1.165, 1.54) is 6.07 Å². The van der Waals surface area contributed by atoms with Crippen LogP contribution in [0.5, 0.6) is 0 Å². The van der Waals surface area contributed by atoms with Gasteiger partial charge in [0.2, 0.25) is 0 Å². The Hall–Kier alpha value is -0.880. The van der Waals surface area contributed by atoms with Gasteiger partial charge in [-0.3, -0.25) is 0 Å². The van der Waals surface area contributed by atoms with E-state index in [0.717, 1.165) is 11.3 Å². The van der Waals surface area contributed by atoms with Gasteiger partial charge in [-0.05, 0) is 13.0 Å². The van der Waals surface area contributed by atoms with Crippen LogP contribution in [-0.4, -0.2) is 16.1 Å². The molecule has 0 spiro atoms. The Morgan fingerprint density at radius 2 is 2.06 bits per heavy atom. The average molecular weight is 267 g/mol. The van der Waals surface area contributed by atoms with E-state index >= 15 is 0 Å². The maximum absolute atomic E-state index is 12.2. The van der Waals surface area contributed by atoms with Crippen LogP contribution in [0.2, 0.25) is 5.15 Å². The van der Waals surface area contributed by atoms with Crippen LogP contribution in [0.4, 0.5) is 13.2 Å². The lowest BCUT2D eigenvalue weighted by Crippen LogP contribution is -2.09. The molecule has 0 saturated carbocycles. The Labute approximate surface area is 98.1 Å². The molecule has 0 unspecified atom stereocenters. The third-order valence-electron chi connectivity index (χ3n) is 1.88. The Morgan fingerprint density at radius 3 is 2.69 bits per heavy atom. The van der Waals surface area contributed by atoms with Gasteiger partial charge < -0.3 is 0 Å². The summed E-state index contributed by atoms with van der Waals surface area (Å²) in [6.07, 6.45) is -5.17. The van der Waals surface area contributed by atoms with Gasteiger partial charge in [-0.15, -0.1) is 11.3 Å². The lowest BCUT2D eigenvalue weighted by atomic mass is 10.3. The molecule has 0 saturated heterocycles. The van der Waals surface area contributed by atoms with Crippen LogP contribution in [0.25, 0.3) is 10.2 Å². The van der Waals surface area contributed by atoms with Crippen molar-refractivity contribution in [3.63, 3.8) is 0 Å². The van der Waals surface area contributed by atoms with Crippen molar-refractivity contribution in [3.8, 4) is 0 Å². The summed E-state index contributed by atoms with van der Waals surface area (Å²) in [4.78, 5) is 8.63. The molecule has 2 rings (SSSR count). The zero-order valence-electron chi connectivity index (χ0n) is 8.10. The fourth-order valence-corrected chi connectivity index (χ4v) is 2.75. The quantitative estimate of drug-likeness (QED) is 0.735. The van der Waals surface area contributed by atoms with Crippen molar-refractivity contribution in [3.05, 3.63) is 21.9 Å². The smallest absolute Gasteiger partial charge is 0.222 e. The Kier molecular flexibility index (Phi) is 2.79. The van der Waals surface area contributed by atoms with Crippen molar-refractivity contribution < 1.29 is 13.2 Å². The molecule has 7 heteroatoms. The highest BCUT2D eigenvalue weighted by atomic mass is 35.5. The first-order valence-corrected chi connectivity index (χ1v) is 5.54. The minimum absolute atomic E-state index is 0.198. The van der Waals surface area contributed by atoms with Crippen molar-refractivity contribution in [2.24, 2.45) is 0 Å². The largest absolute Gasteiger partial charge is 0.393 e.